The van der Waals surface area contributed by atoms with Crippen molar-refractivity contribution in [2.45, 2.75) is 44.1 Å². The minimum Gasteiger partial charge on any atom is -0.490 e. The van der Waals surface area contributed by atoms with Crippen molar-refractivity contribution in [1.29, 1.82) is 5.26 Å². The number of nitrogens with zero attached hydrogens (tertiary/aromatic N) is 2. The molecule has 0 unspecified atom stereocenters. The molecule has 2 atom stereocenters. The fraction of sp³-hybridized carbons (Fsp3) is 0.500. The largest absolute Gasteiger partial charge is 0.490 e. The van der Waals surface area contributed by atoms with E-state index in [1.54, 1.807) is 6.07 Å². The number of likely N-dealkylation sites (tertiary alicyclic amines) is 1. The minimum absolute atomic E-state index is 0.166. The van der Waals surface area contributed by atoms with E-state index < -0.39 is 17.2 Å². The quantitative estimate of drug-likeness (QED) is 0.534. The van der Waals surface area contributed by atoms with E-state index in [2.05, 4.69) is 34.5 Å². The zero-order valence-corrected chi connectivity index (χ0v) is 19.9. The van der Waals surface area contributed by atoms with E-state index in [0.29, 0.717) is 25.1 Å². The summed E-state index contributed by atoms with van der Waals surface area (Å²) in [5, 5.41) is 22.3. The van der Waals surface area contributed by atoms with Gasteiger partial charge in [-0.1, -0.05) is 30.3 Å². The van der Waals surface area contributed by atoms with Crippen molar-refractivity contribution in [3.05, 3.63) is 65.5 Å². The molecule has 6 nitrogen and oxygen atoms in total. The number of rotatable bonds is 10. The molecule has 1 saturated heterocycles. The van der Waals surface area contributed by atoms with Crippen LogP contribution < -0.4 is 10.1 Å². The van der Waals surface area contributed by atoms with Gasteiger partial charge in [0, 0.05) is 30.5 Å². The molecule has 0 aromatic heterocycles. The number of halogens is 1. The SMILES string of the molecule is N#Cc1ccc(OCC2(CN[C@@H]3C[C@H]3c3ccccc3)CCN(CC3(C(=O)O)CC3)CC2)c(F)c1. The summed E-state index contributed by atoms with van der Waals surface area (Å²) in [6.45, 7) is 3.38. The summed E-state index contributed by atoms with van der Waals surface area (Å²) in [6, 6.07) is 17.2. The van der Waals surface area contributed by atoms with Gasteiger partial charge in [-0.15, -0.1) is 0 Å². The van der Waals surface area contributed by atoms with Crippen molar-refractivity contribution in [2.24, 2.45) is 10.8 Å². The van der Waals surface area contributed by atoms with E-state index in [0.717, 1.165) is 51.7 Å². The van der Waals surface area contributed by atoms with Gasteiger partial charge in [0.25, 0.3) is 0 Å². The molecule has 2 aromatic rings. The third-order valence-corrected chi connectivity index (χ3v) is 8.10. The lowest BCUT2D eigenvalue weighted by Gasteiger charge is -2.42. The van der Waals surface area contributed by atoms with Crippen LogP contribution in [0.5, 0.6) is 5.75 Å². The Morgan fingerprint density at radius 3 is 2.54 bits per heavy atom. The summed E-state index contributed by atoms with van der Waals surface area (Å²) < 4.78 is 20.4. The molecule has 1 aliphatic heterocycles. The number of aliphatic carboxylic acids is 1. The Kier molecular flexibility index (Phi) is 6.52. The van der Waals surface area contributed by atoms with E-state index in [4.69, 9.17) is 10.00 Å². The molecule has 2 saturated carbocycles. The smallest absolute Gasteiger partial charge is 0.310 e. The number of benzene rings is 2. The Balaban J connectivity index is 1.23. The predicted octanol–water partition coefficient (Wildman–Crippen LogP) is 4.17. The van der Waals surface area contributed by atoms with Gasteiger partial charge >= 0.3 is 5.97 Å². The van der Waals surface area contributed by atoms with Crippen LogP contribution in [0.15, 0.2) is 48.5 Å². The summed E-state index contributed by atoms with van der Waals surface area (Å²) in [5.74, 6) is -0.512. The van der Waals surface area contributed by atoms with Crippen molar-refractivity contribution in [3.8, 4) is 11.8 Å². The lowest BCUT2D eigenvalue weighted by atomic mass is 9.78. The normalized spacial score (nSPS) is 24.3. The van der Waals surface area contributed by atoms with Crippen LogP contribution in [0.1, 0.15) is 49.1 Å². The molecule has 0 amide bonds. The number of carboxylic acid groups (broad SMARTS) is 1. The zero-order chi connectivity index (χ0) is 24.5. The first kappa shape index (κ1) is 23.8. The monoisotopic (exact) mass is 477 g/mol. The molecule has 0 radical (unpaired) electrons. The van der Waals surface area contributed by atoms with Gasteiger partial charge in [-0.05, 0) is 69.0 Å². The molecule has 3 fully saturated rings. The van der Waals surface area contributed by atoms with Gasteiger partial charge in [0.15, 0.2) is 11.6 Å². The van der Waals surface area contributed by atoms with Gasteiger partial charge < -0.3 is 20.1 Å². The molecule has 3 aliphatic rings. The number of ether oxygens (including phenoxy) is 1. The predicted molar refractivity (Wildman–Crippen MR) is 130 cm³/mol. The first-order valence-corrected chi connectivity index (χ1v) is 12.5. The first-order chi connectivity index (χ1) is 16.9. The van der Waals surface area contributed by atoms with Gasteiger partial charge in [-0.25, -0.2) is 4.39 Å². The first-order valence-electron chi connectivity index (χ1n) is 12.5. The second-order valence-electron chi connectivity index (χ2n) is 10.6. The number of nitriles is 1. The second kappa shape index (κ2) is 9.60. The Labute approximate surface area is 205 Å². The molecule has 5 rings (SSSR count). The number of carboxylic acids is 1. The van der Waals surface area contributed by atoms with E-state index in [-0.39, 0.29) is 16.7 Å². The van der Waals surface area contributed by atoms with Crippen molar-refractivity contribution in [3.63, 3.8) is 0 Å². The zero-order valence-electron chi connectivity index (χ0n) is 19.9. The molecule has 1 heterocycles. The summed E-state index contributed by atoms with van der Waals surface area (Å²) in [7, 11) is 0. The second-order valence-corrected chi connectivity index (χ2v) is 10.6. The number of piperidine rings is 1. The molecular formula is C28H32FN3O3. The lowest BCUT2D eigenvalue weighted by Crippen LogP contribution is -2.50. The van der Waals surface area contributed by atoms with E-state index in [1.165, 1.54) is 17.7 Å². The van der Waals surface area contributed by atoms with Crippen molar-refractivity contribution >= 4 is 5.97 Å². The van der Waals surface area contributed by atoms with Gasteiger partial charge in [-0.3, -0.25) is 4.79 Å². The van der Waals surface area contributed by atoms with E-state index in [9.17, 15) is 14.3 Å². The van der Waals surface area contributed by atoms with Crippen LogP contribution in [0.3, 0.4) is 0 Å². The Hall–Kier alpha value is -2.95. The molecular weight excluding hydrogens is 445 g/mol. The van der Waals surface area contributed by atoms with Crippen LogP contribution in [0.4, 0.5) is 4.39 Å². The number of hydrogen-bond donors (Lipinski definition) is 2. The summed E-state index contributed by atoms with van der Waals surface area (Å²) >= 11 is 0. The third kappa shape index (κ3) is 5.34. The molecule has 2 N–H and O–H groups in total. The van der Waals surface area contributed by atoms with Crippen LogP contribution >= 0.6 is 0 Å². The minimum atomic E-state index is -0.684. The highest BCUT2D eigenvalue weighted by molar-refractivity contribution is 5.78. The fourth-order valence-corrected chi connectivity index (χ4v) is 5.33. The van der Waals surface area contributed by atoms with Crippen LogP contribution in [-0.2, 0) is 4.79 Å². The molecule has 2 aliphatic carbocycles. The lowest BCUT2D eigenvalue weighted by molar-refractivity contribution is -0.144. The Morgan fingerprint density at radius 1 is 1.17 bits per heavy atom. The molecule has 0 spiro atoms. The number of carbonyl (C=O) groups is 1. The maximum absolute atomic E-state index is 14.5. The Morgan fingerprint density at radius 2 is 1.91 bits per heavy atom. The average Bonchev–Trinajstić information content (AvgIpc) is 3.80. The standard InChI is InChI=1S/C28H32FN3O3/c29-23-14-20(16-30)6-7-25(23)35-19-27(17-31-24-15-22(24)21-4-2-1-3-5-21)10-12-32(13-11-27)18-28(8-9-28)26(33)34/h1-7,14,22,24,31H,8-13,15,17-19H2,(H,33,34)/t22-,24+/m0/s1. The van der Waals surface area contributed by atoms with E-state index in [1.807, 2.05) is 12.1 Å². The third-order valence-electron chi connectivity index (χ3n) is 8.10. The molecule has 7 heteroatoms. The van der Waals surface area contributed by atoms with E-state index >= 15 is 0 Å². The highest BCUT2D eigenvalue weighted by atomic mass is 19.1. The van der Waals surface area contributed by atoms with Gasteiger partial charge in [0.05, 0.1) is 23.7 Å². The van der Waals surface area contributed by atoms with Crippen LogP contribution in [0, 0.1) is 28.0 Å². The fourth-order valence-electron chi connectivity index (χ4n) is 5.33. The van der Waals surface area contributed by atoms with Crippen molar-refractivity contribution in [1.82, 2.24) is 10.2 Å². The summed E-state index contributed by atoms with van der Waals surface area (Å²) in [5.41, 5.74) is 0.901. The highest BCUT2D eigenvalue weighted by Crippen LogP contribution is 2.47. The van der Waals surface area contributed by atoms with Crippen LogP contribution in [0.2, 0.25) is 0 Å². The van der Waals surface area contributed by atoms with Gasteiger partial charge in [-0.2, -0.15) is 5.26 Å². The highest BCUT2D eigenvalue weighted by Gasteiger charge is 2.52. The van der Waals surface area contributed by atoms with Gasteiger partial charge in [0.1, 0.15) is 0 Å². The number of hydrogen-bond acceptors (Lipinski definition) is 5. The maximum Gasteiger partial charge on any atom is 0.310 e. The Bertz CT molecular complexity index is 1100. The average molecular weight is 478 g/mol. The molecule has 0 bridgehead atoms. The summed E-state index contributed by atoms with van der Waals surface area (Å²) in [6.07, 6.45) is 4.34. The van der Waals surface area contributed by atoms with Crippen LogP contribution in [0.25, 0.3) is 0 Å². The summed E-state index contributed by atoms with van der Waals surface area (Å²) in [4.78, 5) is 13.9. The maximum atomic E-state index is 14.5. The van der Waals surface area contributed by atoms with Crippen LogP contribution in [-0.4, -0.2) is 54.8 Å². The topological polar surface area (TPSA) is 85.6 Å². The molecule has 2 aromatic carbocycles. The molecule has 184 valence electrons. The number of nitrogens with one attached hydrogen (secondary N) is 1. The van der Waals surface area contributed by atoms with Crippen molar-refractivity contribution < 1.29 is 19.0 Å². The molecule has 35 heavy (non-hydrogen) atoms. The van der Waals surface area contributed by atoms with Crippen molar-refractivity contribution in [2.75, 3.05) is 32.8 Å². The van der Waals surface area contributed by atoms with Gasteiger partial charge in [0.2, 0.25) is 0 Å².